The number of allylic oxidation sites excluding steroid dienone is 1. The van der Waals surface area contributed by atoms with Crippen LogP contribution in [0.2, 0.25) is 0 Å². The van der Waals surface area contributed by atoms with Gasteiger partial charge in [-0.15, -0.1) is 0 Å². The summed E-state index contributed by atoms with van der Waals surface area (Å²) in [6.07, 6.45) is 7.43. The van der Waals surface area contributed by atoms with E-state index in [1.165, 1.54) is 0 Å². The molecule has 1 N–H and O–H groups in total. The molecule has 0 atom stereocenters. The summed E-state index contributed by atoms with van der Waals surface area (Å²) in [6, 6.07) is 30.5. The van der Waals surface area contributed by atoms with Gasteiger partial charge in [-0.05, 0) is 86.3 Å². The number of anilines is 2. The zero-order valence-corrected chi connectivity index (χ0v) is 27.6. The number of nitrogens with zero attached hydrogens (tertiary/aromatic N) is 3. The van der Waals surface area contributed by atoms with Crippen molar-refractivity contribution in [3.05, 3.63) is 125 Å². The fourth-order valence-electron chi connectivity index (χ4n) is 5.76. The van der Waals surface area contributed by atoms with Crippen molar-refractivity contribution in [2.75, 3.05) is 50.5 Å². The van der Waals surface area contributed by atoms with Crippen molar-refractivity contribution in [2.45, 2.75) is 32.6 Å². The minimum absolute atomic E-state index is 0.143. The van der Waals surface area contributed by atoms with Crippen LogP contribution in [-0.4, -0.2) is 67.8 Å². The number of piperazine rings is 1. The van der Waals surface area contributed by atoms with Gasteiger partial charge < -0.3 is 20.0 Å². The van der Waals surface area contributed by atoms with Gasteiger partial charge in [-0.1, -0.05) is 78.4 Å². The van der Waals surface area contributed by atoms with Gasteiger partial charge in [0.05, 0.1) is 5.69 Å². The summed E-state index contributed by atoms with van der Waals surface area (Å²) >= 11 is 0. The van der Waals surface area contributed by atoms with Crippen LogP contribution in [0.1, 0.15) is 57.5 Å². The number of likely N-dealkylation sites (N-methyl/N-ethyl adjacent to an activating group) is 1. The fraction of sp³-hybridized carbons (Fsp3) is 0.275. The smallest absolute Gasteiger partial charge is 0.258 e. The van der Waals surface area contributed by atoms with E-state index in [2.05, 4.69) is 29.4 Å². The highest BCUT2D eigenvalue weighted by atomic mass is 16.2. The summed E-state index contributed by atoms with van der Waals surface area (Å²) in [7, 11) is 3.87. The summed E-state index contributed by atoms with van der Waals surface area (Å²) in [4.78, 5) is 45.1. The molecule has 0 aromatic heterocycles. The molecule has 4 aromatic carbocycles. The zero-order valence-electron chi connectivity index (χ0n) is 27.6. The Morgan fingerprint density at radius 3 is 2.23 bits per heavy atom. The molecule has 0 spiro atoms. The van der Waals surface area contributed by atoms with E-state index in [4.69, 9.17) is 0 Å². The quantitative estimate of drug-likeness (QED) is 0.174. The Hall–Kier alpha value is -5.01. The van der Waals surface area contributed by atoms with E-state index >= 15 is 0 Å². The number of amides is 3. The minimum atomic E-state index is -0.209. The van der Waals surface area contributed by atoms with E-state index in [0.717, 1.165) is 73.4 Å². The number of hydrogen-bond acceptors (Lipinski definition) is 4. The Morgan fingerprint density at radius 2 is 1.49 bits per heavy atom. The number of para-hydroxylation sites is 1. The summed E-state index contributed by atoms with van der Waals surface area (Å²) in [6.45, 7) is 5.57. The van der Waals surface area contributed by atoms with E-state index in [1.807, 2.05) is 84.6 Å². The lowest BCUT2D eigenvalue weighted by atomic mass is 9.98. The number of carbonyl (C=O) groups is 3. The van der Waals surface area contributed by atoms with Gasteiger partial charge in [0.2, 0.25) is 5.91 Å². The first-order chi connectivity index (χ1) is 22.8. The Labute approximate surface area is 278 Å². The van der Waals surface area contributed by atoms with Crippen molar-refractivity contribution >= 4 is 35.2 Å². The molecule has 1 aliphatic rings. The summed E-state index contributed by atoms with van der Waals surface area (Å²) in [5.74, 6) is -0.0954. The number of nitrogens with one attached hydrogen (secondary N) is 1. The molecule has 5 rings (SSSR count). The van der Waals surface area contributed by atoms with Crippen LogP contribution < -0.4 is 10.2 Å². The van der Waals surface area contributed by atoms with Gasteiger partial charge in [0.1, 0.15) is 0 Å². The summed E-state index contributed by atoms with van der Waals surface area (Å²) in [5.41, 5.74) is 6.48. The highest BCUT2D eigenvalue weighted by Gasteiger charge is 2.19. The van der Waals surface area contributed by atoms with E-state index in [-0.39, 0.29) is 17.7 Å². The minimum Gasteiger partial charge on any atom is -0.340 e. The monoisotopic (exact) mass is 628 g/mol. The predicted octanol–water partition coefficient (Wildman–Crippen LogP) is 7.54. The molecule has 0 unspecified atom stereocenters. The number of rotatable bonds is 11. The van der Waals surface area contributed by atoms with Crippen LogP contribution in [0.5, 0.6) is 0 Å². The number of unbranched alkanes of at least 4 members (excludes halogenated alkanes) is 2. The molecule has 0 bridgehead atoms. The zero-order chi connectivity index (χ0) is 33.2. The Balaban J connectivity index is 1.15. The lowest BCUT2D eigenvalue weighted by Crippen LogP contribution is -2.47. The van der Waals surface area contributed by atoms with E-state index in [1.54, 1.807) is 36.2 Å². The molecule has 7 nitrogen and oxygen atoms in total. The SMILES string of the molecule is Cc1ccc(-c2ccccc2C(=O)Nc2ccc(C(=O)N(C)c3ccccc3/C=C\CCCCC(=O)N3CCN(C)CC3)cc2)cc1. The first-order valence-electron chi connectivity index (χ1n) is 16.4. The first-order valence-corrected chi connectivity index (χ1v) is 16.4. The van der Waals surface area contributed by atoms with Crippen LogP contribution in [0, 0.1) is 6.92 Å². The number of aryl methyl sites for hydroxylation is 1. The summed E-state index contributed by atoms with van der Waals surface area (Å²) in [5, 5.41) is 2.98. The maximum absolute atomic E-state index is 13.5. The highest BCUT2D eigenvalue weighted by Crippen LogP contribution is 2.26. The molecule has 4 aromatic rings. The molecule has 0 saturated carbocycles. The molecule has 242 valence electrons. The second kappa shape index (κ2) is 16.0. The third-order valence-corrected chi connectivity index (χ3v) is 8.69. The van der Waals surface area contributed by atoms with Gasteiger partial charge in [-0.2, -0.15) is 0 Å². The molecule has 7 heteroatoms. The number of benzene rings is 4. The Bertz CT molecular complexity index is 1700. The third kappa shape index (κ3) is 8.83. The molecular formula is C40H44N4O3. The molecule has 1 heterocycles. The average molecular weight is 629 g/mol. The maximum atomic E-state index is 13.5. The van der Waals surface area contributed by atoms with Gasteiger partial charge in [0.15, 0.2) is 0 Å². The molecule has 0 aliphatic carbocycles. The van der Waals surface area contributed by atoms with E-state index < -0.39 is 0 Å². The molecule has 1 saturated heterocycles. The van der Waals surface area contributed by atoms with Gasteiger partial charge >= 0.3 is 0 Å². The van der Waals surface area contributed by atoms with Crippen LogP contribution in [0.25, 0.3) is 17.2 Å². The van der Waals surface area contributed by atoms with Crippen molar-refractivity contribution in [3.63, 3.8) is 0 Å². The Kier molecular flexibility index (Phi) is 11.4. The molecule has 1 aliphatic heterocycles. The van der Waals surface area contributed by atoms with Crippen molar-refractivity contribution in [1.82, 2.24) is 9.80 Å². The molecule has 47 heavy (non-hydrogen) atoms. The highest BCUT2D eigenvalue weighted by molar-refractivity contribution is 6.10. The van der Waals surface area contributed by atoms with Crippen LogP contribution >= 0.6 is 0 Å². The number of hydrogen-bond donors (Lipinski definition) is 1. The molecular weight excluding hydrogens is 584 g/mol. The largest absolute Gasteiger partial charge is 0.340 e. The first kappa shape index (κ1) is 33.4. The molecule has 0 radical (unpaired) electrons. The summed E-state index contributed by atoms with van der Waals surface area (Å²) < 4.78 is 0. The standard InChI is InChI=1S/C40H44N4O3/c1-30-18-20-31(21-19-30)35-14-9-10-15-36(35)39(46)41-34-24-22-33(23-25-34)40(47)43(3)37-16-11-8-13-32(37)12-6-4-5-7-17-38(45)44-28-26-42(2)27-29-44/h6,8-16,18-25H,4-5,7,17,26-29H2,1-3H3,(H,41,46)/b12-6-. The van der Waals surface area contributed by atoms with Gasteiger partial charge in [-0.25, -0.2) is 0 Å². The normalized spacial score (nSPS) is 13.5. The predicted molar refractivity (Wildman–Crippen MR) is 192 cm³/mol. The van der Waals surface area contributed by atoms with Gasteiger partial charge in [-0.3, -0.25) is 14.4 Å². The second-order valence-corrected chi connectivity index (χ2v) is 12.2. The maximum Gasteiger partial charge on any atom is 0.258 e. The van der Waals surface area contributed by atoms with E-state index in [0.29, 0.717) is 23.2 Å². The van der Waals surface area contributed by atoms with Crippen molar-refractivity contribution in [2.24, 2.45) is 0 Å². The van der Waals surface area contributed by atoms with Gasteiger partial charge in [0.25, 0.3) is 11.8 Å². The molecule has 3 amide bonds. The van der Waals surface area contributed by atoms with Crippen molar-refractivity contribution in [3.8, 4) is 11.1 Å². The van der Waals surface area contributed by atoms with Crippen LogP contribution in [0.4, 0.5) is 11.4 Å². The fourth-order valence-corrected chi connectivity index (χ4v) is 5.76. The van der Waals surface area contributed by atoms with Crippen LogP contribution in [0.15, 0.2) is 103 Å². The van der Waals surface area contributed by atoms with Crippen LogP contribution in [-0.2, 0) is 4.79 Å². The third-order valence-electron chi connectivity index (χ3n) is 8.69. The van der Waals surface area contributed by atoms with E-state index in [9.17, 15) is 14.4 Å². The Morgan fingerprint density at radius 1 is 0.809 bits per heavy atom. The number of carbonyl (C=O) groups excluding carboxylic acids is 3. The van der Waals surface area contributed by atoms with Crippen molar-refractivity contribution < 1.29 is 14.4 Å². The lowest BCUT2D eigenvalue weighted by Gasteiger charge is -2.32. The second-order valence-electron chi connectivity index (χ2n) is 12.2. The average Bonchev–Trinajstić information content (AvgIpc) is 3.10. The molecule has 1 fully saturated rings. The lowest BCUT2D eigenvalue weighted by molar-refractivity contribution is -0.132. The topological polar surface area (TPSA) is 73.0 Å². The van der Waals surface area contributed by atoms with Crippen molar-refractivity contribution in [1.29, 1.82) is 0 Å². The van der Waals surface area contributed by atoms with Crippen LogP contribution in [0.3, 0.4) is 0 Å². The van der Waals surface area contributed by atoms with Gasteiger partial charge in [0, 0.05) is 56.5 Å².